The van der Waals surface area contributed by atoms with Crippen molar-refractivity contribution in [2.75, 3.05) is 11.1 Å². The normalized spacial score (nSPS) is 9.77. The predicted molar refractivity (Wildman–Crippen MR) is 58.7 cm³/mol. The van der Waals surface area contributed by atoms with Gasteiger partial charge in [-0.05, 0) is 24.6 Å². The number of nitrogens with one attached hydrogen (secondary N) is 1. The predicted octanol–water partition coefficient (Wildman–Crippen LogP) is 2.52. The SMILES string of the molecule is Cc1ccc(Cl)cc1NC(=O)CS. The van der Waals surface area contributed by atoms with Crippen LogP contribution >= 0.6 is 24.2 Å². The van der Waals surface area contributed by atoms with Crippen LogP contribution in [0.15, 0.2) is 18.2 Å². The van der Waals surface area contributed by atoms with Crippen molar-refractivity contribution in [2.24, 2.45) is 0 Å². The Morgan fingerprint density at radius 2 is 2.31 bits per heavy atom. The van der Waals surface area contributed by atoms with Crippen LogP contribution in [0.2, 0.25) is 5.02 Å². The Labute approximate surface area is 87.7 Å². The lowest BCUT2D eigenvalue weighted by Crippen LogP contribution is -2.13. The molecule has 1 aromatic rings. The Bertz CT molecular complexity index is 327. The molecule has 0 heterocycles. The molecule has 13 heavy (non-hydrogen) atoms. The third-order valence-electron chi connectivity index (χ3n) is 1.62. The first-order chi connectivity index (χ1) is 6.13. The zero-order chi connectivity index (χ0) is 9.84. The number of hydrogen-bond donors (Lipinski definition) is 2. The van der Waals surface area contributed by atoms with Gasteiger partial charge in [0.25, 0.3) is 0 Å². The van der Waals surface area contributed by atoms with Gasteiger partial charge in [0.1, 0.15) is 0 Å². The van der Waals surface area contributed by atoms with Gasteiger partial charge in [-0.25, -0.2) is 0 Å². The second kappa shape index (κ2) is 4.53. The lowest BCUT2D eigenvalue weighted by Gasteiger charge is -2.06. The van der Waals surface area contributed by atoms with Crippen molar-refractivity contribution in [3.8, 4) is 0 Å². The van der Waals surface area contributed by atoms with E-state index in [2.05, 4.69) is 17.9 Å². The van der Waals surface area contributed by atoms with Crippen LogP contribution in [0.1, 0.15) is 5.56 Å². The summed E-state index contributed by atoms with van der Waals surface area (Å²) in [5, 5.41) is 3.31. The standard InChI is InChI=1S/C9H10ClNOS/c1-6-2-3-7(10)4-8(6)11-9(12)5-13/h2-4,13H,5H2,1H3,(H,11,12). The molecule has 0 atom stereocenters. The summed E-state index contributed by atoms with van der Waals surface area (Å²) in [5.41, 5.74) is 1.73. The Morgan fingerprint density at radius 3 is 2.92 bits per heavy atom. The number of anilines is 1. The average molecular weight is 216 g/mol. The van der Waals surface area contributed by atoms with Gasteiger partial charge in [0, 0.05) is 10.7 Å². The van der Waals surface area contributed by atoms with E-state index in [1.54, 1.807) is 12.1 Å². The van der Waals surface area contributed by atoms with E-state index in [4.69, 9.17) is 11.6 Å². The Morgan fingerprint density at radius 1 is 1.62 bits per heavy atom. The van der Waals surface area contributed by atoms with Crippen molar-refractivity contribution < 1.29 is 4.79 Å². The molecule has 0 saturated carbocycles. The summed E-state index contributed by atoms with van der Waals surface area (Å²) in [4.78, 5) is 11.0. The Kier molecular flexibility index (Phi) is 3.63. The second-order valence-electron chi connectivity index (χ2n) is 2.67. The number of hydrogen-bond acceptors (Lipinski definition) is 2. The highest BCUT2D eigenvalue weighted by molar-refractivity contribution is 7.81. The van der Waals surface area contributed by atoms with Crippen LogP contribution in [-0.2, 0) is 4.79 Å². The summed E-state index contributed by atoms with van der Waals surface area (Å²) in [6, 6.07) is 5.36. The molecule has 0 aliphatic carbocycles. The van der Waals surface area contributed by atoms with Crippen LogP contribution < -0.4 is 5.32 Å². The first-order valence-corrected chi connectivity index (χ1v) is 4.81. The molecule has 0 spiro atoms. The van der Waals surface area contributed by atoms with E-state index in [0.29, 0.717) is 5.02 Å². The van der Waals surface area contributed by atoms with Crippen LogP contribution in [-0.4, -0.2) is 11.7 Å². The van der Waals surface area contributed by atoms with Crippen molar-refractivity contribution in [3.63, 3.8) is 0 Å². The van der Waals surface area contributed by atoms with Gasteiger partial charge in [-0.15, -0.1) is 0 Å². The van der Waals surface area contributed by atoms with Gasteiger partial charge in [0.2, 0.25) is 5.91 Å². The molecule has 0 aliphatic rings. The Hall–Kier alpha value is -0.670. The molecule has 1 N–H and O–H groups in total. The van der Waals surface area contributed by atoms with Gasteiger partial charge >= 0.3 is 0 Å². The van der Waals surface area contributed by atoms with Crippen molar-refractivity contribution in [1.82, 2.24) is 0 Å². The van der Waals surface area contributed by atoms with Gasteiger partial charge in [-0.1, -0.05) is 17.7 Å². The minimum atomic E-state index is -0.131. The quantitative estimate of drug-likeness (QED) is 0.730. The highest BCUT2D eigenvalue weighted by atomic mass is 35.5. The molecule has 2 nitrogen and oxygen atoms in total. The highest BCUT2D eigenvalue weighted by Crippen LogP contribution is 2.19. The first-order valence-electron chi connectivity index (χ1n) is 3.80. The van der Waals surface area contributed by atoms with Gasteiger partial charge in [0.05, 0.1) is 5.75 Å². The number of carbonyl (C=O) groups is 1. The van der Waals surface area contributed by atoms with Crippen molar-refractivity contribution >= 4 is 35.8 Å². The number of aryl methyl sites for hydroxylation is 1. The number of benzene rings is 1. The van der Waals surface area contributed by atoms with Gasteiger partial charge in [-0.2, -0.15) is 12.6 Å². The molecular weight excluding hydrogens is 206 g/mol. The smallest absolute Gasteiger partial charge is 0.234 e. The molecule has 70 valence electrons. The summed E-state index contributed by atoms with van der Waals surface area (Å²) >= 11 is 9.63. The number of carbonyl (C=O) groups excluding carboxylic acids is 1. The second-order valence-corrected chi connectivity index (χ2v) is 3.42. The molecule has 0 unspecified atom stereocenters. The third kappa shape index (κ3) is 2.94. The maximum Gasteiger partial charge on any atom is 0.234 e. The van der Waals surface area contributed by atoms with Gasteiger partial charge in [-0.3, -0.25) is 4.79 Å². The maximum absolute atomic E-state index is 11.0. The van der Waals surface area contributed by atoms with Crippen LogP contribution in [0.25, 0.3) is 0 Å². The topological polar surface area (TPSA) is 29.1 Å². The number of rotatable bonds is 2. The fourth-order valence-electron chi connectivity index (χ4n) is 0.919. The zero-order valence-corrected chi connectivity index (χ0v) is 8.82. The van der Waals surface area contributed by atoms with Crippen LogP contribution in [0.5, 0.6) is 0 Å². The number of halogens is 1. The van der Waals surface area contributed by atoms with E-state index in [1.807, 2.05) is 13.0 Å². The van der Waals surface area contributed by atoms with E-state index in [-0.39, 0.29) is 11.7 Å². The highest BCUT2D eigenvalue weighted by Gasteiger charge is 2.02. The summed E-state index contributed by atoms with van der Waals surface area (Å²) < 4.78 is 0. The van der Waals surface area contributed by atoms with Gasteiger partial charge in [0.15, 0.2) is 0 Å². The minimum absolute atomic E-state index is 0.131. The average Bonchev–Trinajstić information content (AvgIpc) is 2.11. The minimum Gasteiger partial charge on any atom is -0.325 e. The molecular formula is C9H10ClNOS. The van der Waals surface area contributed by atoms with Crippen molar-refractivity contribution in [1.29, 1.82) is 0 Å². The van der Waals surface area contributed by atoms with E-state index < -0.39 is 0 Å². The lowest BCUT2D eigenvalue weighted by molar-refractivity contribution is -0.113. The number of amides is 1. The largest absolute Gasteiger partial charge is 0.325 e. The molecule has 0 radical (unpaired) electrons. The Balaban J connectivity index is 2.87. The number of thiol groups is 1. The van der Waals surface area contributed by atoms with E-state index in [1.165, 1.54) is 0 Å². The third-order valence-corrected chi connectivity index (χ3v) is 2.14. The monoisotopic (exact) mass is 215 g/mol. The molecule has 1 amide bonds. The molecule has 1 rings (SSSR count). The molecule has 0 fully saturated rings. The van der Waals surface area contributed by atoms with Crippen molar-refractivity contribution in [3.05, 3.63) is 28.8 Å². The maximum atomic E-state index is 11.0. The molecule has 0 aromatic heterocycles. The molecule has 0 saturated heterocycles. The summed E-state index contributed by atoms with van der Waals surface area (Å²) in [6.45, 7) is 1.91. The van der Waals surface area contributed by atoms with E-state index >= 15 is 0 Å². The summed E-state index contributed by atoms with van der Waals surface area (Å²) in [5.74, 6) is 0.0417. The first kappa shape index (κ1) is 10.4. The van der Waals surface area contributed by atoms with E-state index in [0.717, 1.165) is 11.3 Å². The zero-order valence-electron chi connectivity index (χ0n) is 7.17. The fraction of sp³-hybridized carbons (Fsp3) is 0.222. The van der Waals surface area contributed by atoms with Crippen LogP contribution in [0.4, 0.5) is 5.69 Å². The summed E-state index contributed by atoms with van der Waals surface area (Å²) in [7, 11) is 0. The molecule has 4 heteroatoms. The molecule has 0 bridgehead atoms. The summed E-state index contributed by atoms with van der Waals surface area (Å²) in [6.07, 6.45) is 0. The van der Waals surface area contributed by atoms with Gasteiger partial charge < -0.3 is 5.32 Å². The van der Waals surface area contributed by atoms with Crippen LogP contribution in [0, 0.1) is 6.92 Å². The fourth-order valence-corrected chi connectivity index (χ4v) is 1.17. The molecule has 1 aromatic carbocycles. The molecule has 0 aliphatic heterocycles. The van der Waals surface area contributed by atoms with Crippen LogP contribution in [0.3, 0.4) is 0 Å². The van der Waals surface area contributed by atoms with Crippen molar-refractivity contribution in [2.45, 2.75) is 6.92 Å². The lowest BCUT2D eigenvalue weighted by atomic mass is 10.2. The van der Waals surface area contributed by atoms with E-state index in [9.17, 15) is 4.79 Å².